The van der Waals surface area contributed by atoms with Crippen LogP contribution in [0.2, 0.25) is 0 Å². The fourth-order valence-electron chi connectivity index (χ4n) is 1.70. The van der Waals surface area contributed by atoms with Gasteiger partial charge in [-0.3, -0.25) is 4.79 Å². The number of nitrogens with two attached hydrogens (primary N) is 1. The number of halogens is 1. The molecule has 5 nitrogen and oxygen atoms in total. The summed E-state index contributed by atoms with van der Waals surface area (Å²) in [6.45, 7) is 2.21. The van der Waals surface area contributed by atoms with E-state index in [4.69, 9.17) is 10.5 Å². The summed E-state index contributed by atoms with van der Waals surface area (Å²) in [5.74, 6) is 0.390. The van der Waals surface area contributed by atoms with Crippen LogP contribution in [0.1, 0.15) is 18.9 Å². The predicted molar refractivity (Wildman–Crippen MR) is 80.8 cm³/mol. The molecule has 6 heteroatoms. The largest absolute Gasteiger partial charge is 0.439 e. The molecule has 2 aromatic rings. The van der Waals surface area contributed by atoms with Crippen LogP contribution in [0.25, 0.3) is 0 Å². The number of nitrogens with one attached hydrogen (secondary N) is 1. The zero-order chi connectivity index (χ0) is 15.9. The molecule has 116 valence electrons. The second kappa shape index (κ2) is 7.51. The molecule has 0 bridgehead atoms. The van der Waals surface area contributed by atoms with Crippen molar-refractivity contribution in [2.75, 3.05) is 0 Å². The lowest BCUT2D eigenvalue weighted by molar-refractivity contribution is -0.122. The van der Waals surface area contributed by atoms with Crippen LogP contribution in [0.15, 0.2) is 42.6 Å². The van der Waals surface area contributed by atoms with Gasteiger partial charge in [0.25, 0.3) is 0 Å². The second-order valence-corrected chi connectivity index (χ2v) is 4.79. The first-order valence-electron chi connectivity index (χ1n) is 7.00. The van der Waals surface area contributed by atoms with Gasteiger partial charge in [0.1, 0.15) is 11.6 Å². The topological polar surface area (TPSA) is 77.2 Å². The van der Waals surface area contributed by atoms with Gasteiger partial charge < -0.3 is 15.8 Å². The van der Waals surface area contributed by atoms with Crippen molar-refractivity contribution in [3.05, 3.63) is 54.0 Å². The number of pyridine rings is 1. The number of hydrogen-bond acceptors (Lipinski definition) is 4. The molecular formula is C16H18FN3O2. The first-order valence-corrected chi connectivity index (χ1v) is 7.00. The predicted octanol–water partition coefficient (Wildman–Crippen LogP) is 2.37. The zero-order valence-electron chi connectivity index (χ0n) is 12.3. The maximum atomic E-state index is 12.8. The van der Waals surface area contributed by atoms with Gasteiger partial charge in [0.05, 0.1) is 6.04 Å². The van der Waals surface area contributed by atoms with Crippen LogP contribution >= 0.6 is 0 Å². The number of aromatic nitrogens is 1. The van der Waals surface area contributed by atoms with Crippen LogP contribution in [0.5, 0.6) is 11.6 Å². The van der Waals surface area contributed by atoms with Crippen molar-refractivity contribution in [3.8, 4) is 11.6 Å². The quantitative estimate of drug-likeness (QED) is 0.859. The van der Waals surface area contributed by atoms with Crippen LogP contribution in [0, 0.1) is 5.82 Å². The average molecular weight is 303 g/mol. The number of carbonyl (C=O) groups excluding carboxylic acids is 1. The normalized spacial score (nSPS) is 11.8. The molecule has 0 radical (unpaired) electrons. The van der Waals surface area contributed by atoms with Crippen molar-refractivity contribution in [2.45, 2.75) is 25.9 Å². The second-order valence-electron chi connectivity index (χ2n) is 4.79. The molecule has 0 saturated heterocycles. The minimum Gasteiger partial charge on any atom is -0.439 e. The lowest BCUT2D eigenvalue weighted by Gasteiger charge is -2.10. The zero-order valence-corrected chi connectivity index (χ0v) is 12.3. The van der Waals surface area contributed by atoms with Gasteiger partial charge in [-0.05, 0) is 36.2 Å². The van der Waals surface area contributed by atoms with Crippen molar-refractivity contribution < 1.29 is 13.9 Å². The SMILES string of the molecule is CC[C@H](N)C(=O)NCc1ccc(Oc2ccc(F)cc2)nc1. The summed E-state index contributed by atoms with van der Waals surface area (Å²) >= 11 is 0. The molecule has 0 aliphatic rings. The van der Waals surface area contributed by atoms with E-state index in [-0.39, 0.29) is 11.7 Å². The summed E-state index contributed by atoms with van der Waals surface area (Å²) in [7, 11) is 0. The number of carbonyl (C=O) groups is 1. The molecule has 1 aromatic heterocycles. The standard InChI is InChI=1S/C16H18FN3O2/c1-2-14(18)16(21)20-10-11-3-8-15(19-9-11)22-13-6-4-12(17)5-7-13/h3-9,14H,2,10,18H2,1H3,(H,20,21)/t14-/m0/s1. The molecule has 3 N–H and O–H groups in total. The van der Waals surface area contributed by atoms with E-state index in [0.717, 1.165) is 5.56 Å². The van der Waals surface area contributed by atoms with E-state index in [1.165, 1.54) is 24.3 Å². The van der Waals surface area contributed by atoms with Crippen molar-refractivity contribution in [2.24, 2.45) is 5.73 Å². The number of amides is 1. The summed E-state index contributed by atoms with van der Waals surface area (Å²) in [4.78, 5) is 15.7. The molecule has 0 aliphatic heterocycles. The van der Waals surface area contributed by atoms with Gasteiger partial charge >= 0.3 is 0 Å². The fourth-order valence-corrected chi connectivity index (χ4v) is 1.70. The molecule has 2 rings (SSSR count). The van der Waals surface area contributed by atoms with E-state index in [1.54, 1.807) is 18.3 Å². The van der Waals surface area contributed by atoms with E-state index in [0.29, 0.717) is 24.6 Å². The Kier molecular flexibility index (Phi) is 5.43. The van der Waals surface area contributed by atoms with E-state index >= 15 is 0 Å². The summed E-state index contributed by atoms with van der Waals surface area (Å²) in [6, 6.07) is 8.67. The van der Waals surface area contributed by atoms with Crippen LogP contribution in [-0.2, 0) is 11.3 Å². The Hall–Kier alpha value is -2.47. The Morgan fingerprint density at radius 2 is 2.05 bits per heavy atom. The van der Waals surface area contributed by atoms with Gasteiger partial charge in [-0.25, -0.2) is 9.37 Å². The summed E-state index contributed by atoms with van der Waals surface area (Å²) in [6.07, 6.45) is 2.20. The summed E-state index contributed by atoms with van der Waals surface area (Å²) in [5, 5.41) is 2.74. The lowest BCUT2D eigenvalue weighted by Crippen LogP contribution is -2.39. The molecule has 0 fully saturated rings. The van der Waals surface area contributed by atoms with E-state index in [9.17, 15) is 9.18 Å². The highest BCUT2D eigenvalue weighted by Gasteiger charge is 2.10. The number of benzene rings is 1. The first-order chi connectivity index (χ1) is 10.6. The highest BCUT2D eigenvalue weighted by molar-refractivity contribution is 5.81. The third-order valence-corrected chi connectivity index (χ3v) is 3.08. The molecule has 0 spiro atoms. The van der Waals surface area contributed by atoms with Crippen molar-refractivity contribution >= 4 is 5.91 Å². The minimum absolute atomic E-state index is 0.186. The molecule has 0 aliphatic carbocycles. The molecule has 22 heavy (non-hydrogen) atoms. The van der Waals surface area contributed by atoms with Crippen molar-refractivity contribution in [3.63, 3.8) is 0 Å². The van der Waals surface area contributed by atoms with Gasteiger partial charge in [0.2, 0.25) is 11.8 Å². The molecule has 1 amide bonds. The minimum atomic E-state index is -0.492. The van der Waals surface area contributed by atoms with Gasteiger partial charge in [-0.2, -0.15) is 0 Å². The van der Waals surface area contributed by atoms with Crippen LogP contribution in [0.3, 0.4) is 0 Å². The Bertz CT molecular complexity index is 614. The fraction of sp³-hybridized carbons (Fsp3) is 0.250. The first kappa shape index (κ1) is 15.9. The van der Waals surface area contributed by atoms with Crippen molar-refractivity contribution in [1.82, 2.24) is 10.3 Å². The van der Waals surface area contributed by atoms with Crippen LogP contribution in [0.4, 0.5) is 4.39 Å². The molecule has 1 heterocycles. The number of ether oxygens (including phenoxy) is 1. The molecule has 1 atom stereocenters. The Morgan fingerprint density at radius 1 is 1.32 bits per heavy atom. The molecule has 1 aromatic carbocycles. The number of nitrogens with zero attached hydrogens (tertiary/aromatic N) is 1. The molecule has 0 saturated carbocycles. The average Bonchev–Trinajstić information content (AvgIpc) is 2.55. The third kappa shape index (κ3) is 4.53. The Balaban J connectivity index is 1.90. The highest BCUT2D eigenvalue weighted by Crippen LogP contribution is 2.19. The summed E-state index contributed by atoms with van der Waals surface area (Å²) in [5.41, 5.74) is 6.46. The molecular weight excluding hydrogens is 285 g/mol. The lowest BCUT2D eigenvalue weighted by atomic mass is 10.2. The Morgan fingerprint density at radius 3 is 2.64 bits per heavy atom. The van der Waals surface area contributed by atoms with Crippen molar-refractivity contribution in [1.29, 1.82) is 0 Å². The van der Waals surface area contributed by atoms with Gasteiger partial charge in [-0.1, -0.05) is 13.0 Å². The van der Waals surface area contributed by atoms with E-state index < -0.39 is 6.04 Å². The number of hydrogen-bond donors (Lipinski definition) is 2. The monoisotopic (exact) mass is 303 g/mol. The maximum Gasteiger partial charge on any atom is 0.237 e. The molecule has 0 unspecified atom stereocenters. The highest BCUT2D eigenvalue weighted by atomic mass is 19.1. The number of rotatable bonds is 6. The van der Waals surface area contributed by atoms with Gasteiger partial charge in [-0.15, -0.1) is 0 Å². The van der Waals surface area contributed by atoms with E-state index in [2.05, 4.69) is 10.3 Å². The van der Waals surface area contributed by atoms with Gasteiger partial charge in [0, 0.05) is 18.8 Å². The van der Waals surface area contributed by atoms with Crippen LogP contribution in [-0.4, -0.2) is 16.9 Å². The summed E-state index contributed by atoms with van der Waals surface area (Å²) < 4.78 is 18.3. The van der Waals surface area contributed by atoms with Crippen LogP contribution < -0.4 is 15.8 Å². The maximum absolute atomic E-state index is 12.8. The van der Waals surface area contributed by atoms with Gasteiger partial charge in [0.15, 0.2) is 0 Å². The third-order valence-electron chi connectivity index (χ3n) is 3.08. The Labute approximate surface area is 128 Å². The smallest absolute Gasteiger partial charge is 0.237 e. The van der Waals surface area contributed by atoms with E-state index in [1.807, 2.05) is 6.92 Å².